The molecule has 0 aliphatic heterocycles. The summed E-state index contributed by atoms with van der Waals surface area (Å²) in [7, 11) is 0. The van der Waals surface area contributed by atoms with Crippen molar-refractivity contribution >= 4 is 0 Å². The Balaban J connectivity index is 2.83. The molecule has 0 amide bonds. The molecule has 108 valence electrons. The fourth-order valence-electron chi connectivity index (χ4n) is 2.72. The summed E-state index contributed by atoms with van der Waals surface area (Å²) in [5.41, 5.74) is 9.36. The molecule has 1 unspecified atom stereocenters. The van der Waals surface area contributed by atoms with Crippen LogP contribution in [0.2, 0.25) is 0 Å². The van der Waals surface area contributed by atoms with Crippen LogP contribution in [0.5, 0.6) is 0 Å². The van der Waals surface area contributed by atoms with Crippen molar-refractivity contribution in [1.29, 1.82) is 0 Å². The monoisotopic (exact) mass is 261 g/mol. The van der Waals surface area contributed by atoms with Crippen LogP contribution >= 0.6 is 0 Å². The zero-order valence-corrected chi connectivity index (χ0v) is 13.4. The second-order valence-electron chi connectivity index (χ2n) is 6.74. The van der Waals surface area contributed by atoms with Gasteiger partial charge in [-0.1, -0.05) is 71.7 Å². The predicted octanol–water partition coefficient (Wildman–Crippen LogP) is 5.20. The number of hydrogen-bond acceptors (Lipinski definition) is 1. The topological polar surface area (TPSA) is 26.0 Å². The molecule has 0 aliphatic rings. The number of rotatable bonds is 6. The normalized spacial score (nSPS) is 13.8. The van der Waals surface area contributed by atoms with Crippen LogP contribution in [0, 0.1) is 5.92 Å². The minimum absolute atomic E-state index is 0.189. The van der Waals surface area contributed by atoms with E-state index in [1.165, 1.54) is 36.8 Å². The van der Waals surface area contributed by atoms with Crippen LogP contribution in [0.25, 0.3) is 0 Å². The maximum absolute atomic E-state index is 6.47. The van der Waals surface area contributed by atoms with Gasteiger partial charge < -0.3 is 5.73 Å². The third-order valence-corrected chi connectivity index (χ3v) is 3.99. The molecule has 0 bridgehead atoms. The molecule has 1 aromatic rings. The summed E-state index contributed by atoms with van der Waals surface area (Å²) in [4.78, 5) is 0. The van der Waals surface area contributed by atoms with Crippen LogP contribution in [-0.4, -0.2) is 0 Å². The highest BCUT2D eigenvalue weighted by atomic mass is 14.6. The zero-order chi connectivity index (χ0) is 14.5. The molecule has 1 nitrogen and oxygen atoms in total. The first-order valence-corrected chi connectivity index (χ1v) is 7.76. The third-order valence-electron chi connectivity index (χ3n) is 3.99. The Kier molecular flexibility index (Phi) is 6.06. The lowest BCUT2D eigenvalue weighted by atomic mass is 9.83. The summed E-state index contributed by atoms with van der Waals surface area (Å²) in [6.45, 7) is 11.2. The molecule has 0 aliphatic carbocycles. The van der Waals surface area contributed by atoms with E-state index in [0.29, 0.717) is 5.92 Å². The maximum Gasteiger partial charge on any atom is 0.0323 e. The van der Waals surface area contributed by atoms with Gasteiger partial charge in [0, 0.05) is 6.04 Å². The van der Waals surface area contributed by atoms with E-state index in [1.807, 2.05) is 0 Å². The molecule has 0 radical (unpaired) electrons. The van der Waals surface area contributed by atoms with E-state index in [-0.39, 0.29) is 11.5 Å². The molecule has 19 heavy (non-hydrogen) atoms. The quantitative estimate of drug-likeness (QED) is 0.748. The third kappa shape index (κ3) is 4.65. The maximum atomic E-state index is 6.47. The van der Waals surface area contributed by atoms with E-state index in [9.17, 15) is 0 Å². The fourth-order valence-corrected chi connectivity index (χ4v) is 2.72. The summed E-state index contributed by atoms with van der Waals surface area (Å²) in [6.07, 6.45) is 4.91. The van der Waals surface area contributed by atoms with Crippen LogP contribution in [0.1, 0.15) is 77.5 Å². The van der Waals surface area contributed by atoms with Crippen molar-refractivity contribution < 1.29 is 0 Å². The fraction of sp³-hybridized carbons (Fsp3) is 0.667. The predicted molar refractivity (Wildman–Crippen MR) is 85.4 cm³/mol. The SMILES string of the molecule is CCCC(CCC)C(N)c1ccc(C(C)(C)C)cc1. The molecular formula is C18H31N. The van der Waals surface area contributed by atoms with Gasteiger partial charge in [-0.25, -0.2) is 0 Å². The summed E-state index contributed by atoms with van der Waals surface area (Å²) in [5.74, 6) is 0.621. The van der Waals surface area contributed by atoms with E-state index in [1.54, 1.807) is 0 Å². The summed E-state index contributed by atoms with van der Waals surface area (Å²) in [5, 5.41) is 0. The smallest absolute Gasteiger partial charge is 0.0323 e. The van der Waals surface area contributed by atoms with Crippen LogP contribution in [0.3, 0.4) is 0 Å². The van der Waals surface area contributed by atoms with E-state index < -0.39 is 0 Å². The van der Waals surface area contributed by atoms with Gasteiger partial charge in [0.25, 0.3) is 0 Å². The molecular weight excluding hydrogens is 230 g/mol. The Labute approximate surface area is 119 Å². The van der Waals surface area contributed by atoms with Gasteiger partial charge >= 0.3 is 0 Å². The van der Waals surface area contributed by atoms with Crippen molar-refractivity contribution in [1.82, 2.24) is 0 Å². The molecule has 0 fully saturated rings. The first-order chi connectivity index (χ1) is 8.90. The number of benzene rings is 1. The van der Waals surface area contributed by atoms with Crippen LogP contribution < -0.4 is 5.73 Å². The van der Waals surface area contributed by atoms with Crippen molar-refractivity contribution in [3.63, 3.8) is 0 Å². The average Bonchev–Trinajstić information content (AvgIpc) is 2.37. The zero-order valence-electron chi connectivity index (χ0n) is 13.4. The van der Waals surface area contributed by atoms with Crippen molar-refractivity contribution in [3.8, 4) is 0 Å². The molecule has 0 saturated carbocycles. The van der Waals surface area contributed by atoms with Gasteiger partial charge in [0.2, 0.25) is 0 Å². The lowest BCUT2D eigenvalue weighted by molar-refractivity contribution is 0.368. The molecule has 2 N–H and O–H groups in total. The Hall–Kier alpha value is -0.820. The van der Waals surface area contributed by atoms with Crippen LogP contribution in [0.4, 0.5) is 0 Å². The Bertz CT molecular complexity index is 352. The first kappa shape index (κ1) is 16.2. The standard InChI is InChI=1S/C18H31N/c1-6-8-14(9-7-2)17(19)15-10-12-16(13-11-15)18(3,4)5/h10-14,17H,6-9,19H2,1-5H3. The second-order valence-corrected chi connectivity index (χ2v) is 6.74. The van der Waals surface area contributed by atoms with Gasteiger partial charge in [-0.3, -0.25) is 0 Å². The van der Waals surface area contributed by atoms with Gasteiger partial charge in [0.15, 0.2) is 0 Å². The average molecular weight is 261 g/mol. The van der Waals surface area contributed by atoms with Gasteiger partial charge in [0.05, 0.1) is 0 Å². The highest BCUT2D eigenvalue weighted by Crippen LogP contribution is 2.29. The van der Waals surface area contributed by atoms with E-state index in [2.05, 4.69) is 58.9 Å². The van der Waals surface area contributed by atoms with Gasteiger partial charge in [0.1, 0.15) is 0 Å². The van der Waals surface area contributed by atoms with Crippen molar-refractivity contribution in [3.05, 3.63) is 35.4 Å². The molecule has 1 rings (SSSR count). The lowest BCUT2D eigenvalue weighted by Gasteiger charge is -2.25. The summed E-state index contributed by atoms with van der Waals surface area (Å²) >= 11 is 0. The molecule has 0 heterocycles. The minimum Gasteiger partial charge on any atom is -0.324 e. The van der Waals surface area contributed by atoms with Crippen LogP contribution in [0.15, 0.2) is 24.3 Å². The second kappa shape index (κ2) is 7.09. The Morgan fingerprint density at radius 2 is 1.42 bits per heavy atom. The van der Waals surface area contributed by atoms with E-state index in [4.69, 9.17) is 5.73 Å². The lowest BCUT2D eigenvalue weighted by Crippen LogP contribution is -2.21. The summed E-state index contributed by atoms with van der Waals surface area (Å²) < 4.78 is 0. The Morgan fingerprint density at radius 1 is 0.947 bits per heavy atom. The molecule has 0 saturated heterocycles. The summed E-state index contributed by atoms with van der Waals surface area (Å²) in [6, 6.07) is 9.12. The molecule has 1 heteroatoms. The van der Waals surface area contributed by atoms with Crippen molar-refractivity contribution in [2.45, 2.75) is 71.8 Å². The Morgan fingerprint density at radius 3 is 1.79 bits per heavy atom. The number of nitrogens with two attached hydrogens (primary N) is 1. The minimum atomic E-state index is 0.189. The molecule has 1 aromatic carbocycles. The van der Waals surface area contributed by atoms with Crippen LogP contribution in [-0.2, 0) is 5.41 Å². The largest absolute Gasteiger partial charge is 0.324 e. The molecule has 0 aromatic heterocycles. The van der Waals surface area contributed by atoms with E-state index >= 15 is 0 Å². The first-order valence-electron chi connectivity index (χ1n) is 7.76. The highest BCUT2D eigenvalue weighted by Gasteiger charge is 2.19. The van der Waals surface area contributed by atoms with Gasteiger partial charge in [-0.2, -0.15) is 0 Å². The number of hydrogen-bond donors (Lipinski definition) is 1. The molecule has 1 atom stereocenters. The van der Waals surface area contributed by atoms with Gasteiger partial charge in [-0.15, -0.1) is 0 Å². The van der Waals surface area contributed by atoms with Crippen molar-refractivity contribution in [2.75, 3.05) is 0 Å². The van der Waals surface area contributed by atoms with E-state index in [0.717, 1.165) is 0 Å². The highest BCUT2D eigenvalue weighted by molar-refractivity contribution is 5.29. The van der Waals surface area contributed by atoms with Gasteiger partial charge in [-0.05, 0) is 35.3 Å². The molecule has 0 spiro atoms. The van der Waals surface area contributed by atoms with Crippen molar-refractivity contribution in [2.24, 2.45) is 11.7 Å².